The topological polar surface area (TPSA) is 21.7 Å². The van der Waals surface area contributed by atoms with Crippen molar-refractivity contribution in [3.05, 3.63) is 24.0 Å². The summed E-state index contributed by atoms with van der Waals surface area (Å²) in [5.74, 6) is -0.248. The Labute approximate surface area is 165 Å². The van der Waals surface area contributed by atoms with Crippen LogP contribution in [0.5, 0.6) is 0 Å². The fourth-order valence-electron chi connectivity index (χ4n) is 3.35. The minimum atomic E-state index is -0.655. The molecule has 0 N–H and O–H groups in total. The van der Waals surface area contributed by atoms with E-state index in [1.54, 1.807) is 6.07 Å². The molecule has 2 rings (SSSR count). The zero-order valence-electron chi connectivity index (χ0n) is 18.1. The van der Waals surface area contributed by atoms with Gasteiger partial charge in [-0.2, -0.15) is 0 Å². The summed E-state index contributed by atoms with van der Waals surface area (Å²) < 4.78 is 27.0. The predicted molar refractivity (Wildman–Crippen MR) is 113 cm³/mol. The van der Waals surface area contributed by atoms with Crippen molar-refractivity contribution in [1.82, 2.24) is 0 Å². The molecule has 0 radical (unpaired) electrons. The fraction of sp³-hybridized carbons (Fsp3) is 0.727. The van der Waals surface area contributed by atoms with Crippen LogP contribution in [0.1, 0.15) is 80.1 Å². The summed E-state index contributed by atoms with van der Waals surface area (Å²) in [4.78, 5) is 2.32. The highest BCUT2D eigenvalue weighted by molar-refractivity contribution is 6.62. The average Bonchev–Trinajstić information content (AvgIpc) is 2.81. The number of unbranched alkanes of at least 4 members (excludes halogenated alkanes) is 4. The van der Waals surface area contributed by atoms with Gasteiger partial charge in [-0.3, -0.25) is 0 Å². The van der Waals surface area contributed by atoms with Gasteiger partial charge in [0.1, 0.15) is 5.82 Å². The molecule has 27 heavy (non-hydrogen) atoms. The van der Waals surface area contributed by atoms with Crippen LogP contribution in [-0.2, 0) is 9.31 Å². The largest absolute Gasteiger partial charge is 0.497 e. The lowest BCUT2D eigenvalue weighted by Crippen LogP contribution is -2.41. The van der Waals surface area contributed by atoms with Crippen molar-refractivity contribution < 1.29 is 13.7 Å². The summed E-state index contributed by atoms with van der Waals surface area (Å²) in [6, 6.07) is 5.50. The summed E-state index contributed by atoms with van der Waals surface area (Å²) >= 11 is 0. The zero-order valence-corrected chi connectivity index (χ0v) is 18.1. The highest BCUT2D eigenvalue weighted by Gasteiger charge is 2.52. The van der Waals surface area contributed by atoms with Crippen LogP contribution < -0.4 is 10.4 Å². The molecule has 1 aromatic rings. The Morgan fingerprint density at radius 2 is 1.41 bits per heavy atom. The molecule has 1 heterocycles. The standard InChI is InChI=1S/C22H37BFNO2/c1-7-9-11-15-25(16-12-10-8-2)18-13-14-19(20(24)17-18)23-26-21(3,4)22(5,6)27-23/h13-14,17H,7-12,15-16H2,1-6H3. The quantitative estimate of drug-likeness (QED) is 0.407. The molecule has 1 saturated heterocycles. The summed E-state index contributed by atoms with van der Waals surface area (Å²) in [6.07, 6.45) is 7.08. The van der Waals surface area contributed by atoms with E-state index in [9.17, 15) is 4.39 Å². The molecule has 0 atom stereocenters. The molecule has 1 fully saturated rings. The lowest BCUT2D eigenvalue weighted by atomic mass is 9.78. The predicted octanol–water partition coefficient (Wildman–Crippen LogP) is 5.31. The van der Waals surface area contributed by atoms with Crippen molar-refractivity contribution in [2.45, 2.75) is 91.3 Å². The van der Waals surface area contributed by atoms with Crippen LogP contribution in [0.4, 0.5) is 10.1 Å². The second-order valence-corrected chi connectivity index (χ2v) is 8.70. The first-order valence-electron chi connectivity index (χ1n) is 10.6. The van der Waals surface area contributed by atoms with Crippen LogP contribution in [0.15, 0.2) is 18.2 Å². The molecular weight excluding hydrogens is 340 g/mol. The van der Waals surface area contributed by atoms with Gasteiger partial charge in [0.2, 0.25) is 0 Å². The number of hydrogen-bond donors (Lipinski definition) is 0. The maximum Gasteiger partial charge on any atom is 0.497 e. The third-order valence-electron chi connectivity index (χ3n) is 5.92. The van der Waals surface area contributed by atoms with Crippen molar-refractivity contribution in [2.75, 3.05) is 18.0 Å². The van der Waals surface area contributed by atoms with Gasteiger partial charge in [0.05, 0.1) is 11.2 Å². The van der Waals surface area contributed by atoms with Gasteiger partial charge in [0.25, 0.3) is 0 Å². The van der Waals surface area contributed by atoms with Gasteiger partial charge in [-0.25, -0.2) is 4.39 Å². The number of hydrogen-bond acceptors (Lipinski definition) is 3. The Morgan fingerprint density at radius 3 is 1.85 bits per heavy atom. The Balaban J connectivity index is 2.14. The summed E-state index contributed by atoms with van der Waals surface area (Å²) in [5, 5.41) is 0. The van der Waals surface area contributed by atoms with Crippen LogP contribution in [0.3, 0.4) is 0 Å². The van der Waals surface area contributed by atoms with Crippen molar-refractivity contribution in [3.8, 4) is 0 Å². The van der Waals surface area contributed by atoms with E-state index < -0.39 is 18.3 Å². The van der Waals surface area contributed by atoms with Gasteiger partial charge in [0.15, 0.2) is 0 Å². The average molecular weight is 377 g/mol. The maximum atomic E-state index is 15.0. The third kappa shape index (κ3) is 5.48. The van der Waals surface area contributed by atoms with Gasteiger partial charge in [-0.05, 0) is 52.7 Å². The number of benzene rings is 1. The zero-order chi connectivity index (χ0) is 20.1. The molecule has 0 bridgehead atoms. The van der Waals surface area contributed by atoms with Crippen LogP contribution >= 0.6 is 0 Å². The first kappa shape index (κ1) is 22.2. The number of rotatable bonds is 10. The summed E-state index contributed by atoms with van der Waals surface area (Å²) in [7, 11) is -0.655. The molecule has 3 nitrogen and oxygen atoms in total. The molecule has 0 amide bonds. The first-order chi connectivity index (χ1) is 12.7. The number of nitrogens with zero attached hydrogens (tertiary/aromatic N) is 1. The second kappa shape index (κ2) is 9.42. The SMILES string of the molecule is CCCCCN(CCCCC)c1ccc(B2OC(C)(C)C(C)(C)O2)c(F)c1. The first-order valence-corrected chi connectivity index (χ1v) is 10.6. The molecule has 0 aliphatic carbocycles. The third-order valence-corrected chi connectivity index (χ3v) is 5.92. The summed E-state index contributed by atoms with van der Waals surface area (Å²) in [6.45, 7) is 14.3. The molecule has 0 aromatic heterocycles. The van der Waals surface area contributed by atoms with E-state index in [1.807, 2.05) is 39.8 Å². The smallest absolute Gasteiger partial charge is 0.399 e. The van der Waals surface area contributed by atoms with Crippen LogP contribution in [0.2, 0.25) is 0 Å². The minimum Gasteiger partial charge on any atom is -0.399 e. The molecule has 5 heteroatoms. The van der Waals surface area contributed by atoms with Crippen molar-refractivity contribution in [3.63, 3.8) is 0 Å². The highest BCUT2D eigenvalue weighted by Crippen LogP contribution is 2.36. The van der Waals surface area contributed by atoms with E-state index in [1.165, 1.54) is 25.7 Å². The lowest BCUT2D eigenvalue weighted by Gasteiger charge is -2.32. The maximum absolute atomic E-state index is 15.0. The van der Waals surface area contributed by atoms with Crippen LogP contribution in [0, 0.1) is 5.82 Å². The molecule has 0 unspecified atom stereocenters. The van der Waals surface area contributed by atoms with Gasteiger partial charge in [-0.1, -0.05) is 45.6 Å². The van der Waals surface area contributed by atoms with Crippen LogP contribution in [-0.4, -0.2) is 31.4 Å². The van der Waals surface area contributed by atoms with Crippen molar-refractivity contribution >= 4 is 18.3 Å². The molecule has 0 saturated carbocycles. The Morgan fingerprint density at radius 1 is 0.889 bits per heavy atom. The molecular formula is C22H37BFNO2. The van der Waals surface area contributed by atoms with E-state index in [0.717, 1.165) is 31.6 Å². The highest BCUT2D eigenvalue weighted by atomic mass is 19.1. The number of anilines is 1. The minimum absolute atomic E-state index is 0.248. The summed E-state index contributed by atoms with van der Waals surface area (Å²) in [5.41, 5.74) is 0.518. The van der Waals surface area contributed by atoms with Gasteiger partial charge in [0, 0.05) is 24.2 Å². The van der Waals surface area contributed by atoms with Crippen molar-refractivity contribution in [1.29, 1.82) is 0 Å². The van der Waals surface area contributed by atoms with E-state index in [2.05, 4.69) is 18.7 Å². The molecule has 1 aromatic carbocycles. The second-order valence-electron chi connectivity index (χ2n) is 8.70. The van der Waals surface area contributed by atoms with Crippen LogP contribution in [0.25, 0.3) is 0 Å². The Bertz CT molecular complexity index is 580. The molecule has 1 aliphatic rings. The van der Waals surface area contributed by atoms with Gasteiger partial charge >= 0.3 is 7.12 Å². The van der Waals surface area contributed by atoms with E-state index in [-0.39, 0.29) is 5.82 Å². The lowest BCUT2D eigenvalue weighted by molar-refractivity contribution is 0.00578. The van der Waals surface area contributed by atoms with Gasteiger partial charge < -0.3 is 14.2 Å². The molecule has 152 valence electrons. The number of halogens is 1. The Hall–Kier alpha value is -1.07. The van der Waals surface area contributed by atoms with Gasteiger partial charge in [-0.15, -0.1) is 0 Å². The molecule has 0 spiro atoms. The Kier molecular flexibility index (Phi) is 7.76. The monoisotopic (exact) mass is 377 g/mol. The van der Waals surface area contributed by atoms with Crippen molar-refractivity contribution in [2.24, 2.45) is 0 Å². The fourth-order valence-corrected chi connectivity index (χ4v) is 3.35. The normalized spacial score (nSPS) is 18.1. The molecule has 1 aliphatic heterocycles. The van der Waals surface area contributed by atoms with E-state index >= 15 is 0 Å². The van der Waals surface area contributed by atoms with E-state index in [0.29, 0.717) is 5.46 Å². The van der Waals surface area contributed by atoms with E-state index in [4.69, 9.17) is 9.31 Å².